The van der Waals surface area contributed by atoms with E-state index in [-0.39, 0.29) is 0 Å². The lowest BCUT2D eigenvalue weighted by molar-refractivity contribution is 0.0927. The van der Waals surface area contributed by atoms with Gasteiger partial charge >= 0.3 is 0 Å². The Morgan fingerprint density at radius 3 is 1.56 bits per heavy atom. The average Bonchev–Trinajstić information content (AvgIpc) is 1.95. The number of hydrogen-bond donors (Lipinski definition) is 0. The van der Waals surface area contributed by atoms with Crippen molar-refractivity contribution in [2.24, 2.45) is 22.2 Å². The SMILES string of the molecule is CCC(C)C(C)(C)CC(C)(C)CC(C)(C)C. The van der Waals surface area contributed by atoms with Gasteiger partial charge in [-0.25, -0.2) is 0 Å². The summed E-state index contributed by atoms with van der Waals surface area (Å²) in [5.41, 5.74) is 1.35. The standard InChI is InChI=1S/C16H34/c1-10-13(2)16(8,9)12-15(6,7)11-14(3,4)5/h13H,10-12H2,1-9H3. The fourth-order valence-corrected chi connectivity index (χ4v) is 3.46. The topological polar surface area (TPSA) is 0 Å². The van der Waals surface area contributed by atoms with Crippen molar-refractivity contribution in [2.75, 3.05) is 0 Å². The van der Waals surface area contributed by atoms with Crippen LogP contribution in [0.25, 0.3) is 0 Å². The first-order chi connectivity index (χ1) is 6.90. The first-order valence-corrected chi connectivity index (χ1v) is 6.90. The predicted molar refractivity (Wildman–Crippen MR) is 75.7 cm³/mol. The lowest BCUT2D eigenvalue weighted by atomic mass is 9.64. The molecule has 0 N–H and O–H groups in total. The van der Waals surface area contributed by atoms with E-state index in [0.29, 0.717) is 16.2 Å². The summed E-state index contributed by atoms with van der Waals surface area (Å²) >= 11 is 0. The minimum atomic E-state index is 0.440. The van der Waals surface area contributed by atoms with Gasteiger partial charge in [0.25, 0.3) is 0 Å². The monoisotopic (exact) mass is 226 g/mol. The molecular weight excluding hydrogens is 192 g/mol. The first kappa shape index (κ1) is 16.0. The van der Waals surface area contributed by atoms with Crippen molar-refractivity contribution in [1.29, 1.82) is 0 Å². The molecule has 0 rings (SSSR count). The van der Waals surface area contributed by atoms with E-state index in [2.05, 4.69) is 62.3 Å². The lowest BCUT2D eigenvalue weighted by Crippen LogP contribution is -2.31. The van der Waals surface area contributed by atoms with Gasteiger partial charge in [-0.15, -0.1) is 0 Å². The van der Waals surface area contributed by atoms with Gasteiger partial charge in [0.15, 0.2) is 0 Å². The summed E-state index contributed by atoms with van der Waals surface area (Å²) in [7, 11) is 0. The molecule has 0 heteroatoms. The van der Waals surface area contributed by atoms with E-state index >= 15 is 0 Å². The first-order valence-electron chi connectivity index (χ1n) is 6.90. The van der Waals surface area contributed by atoms with Crippen LogP contribution in [0.4, 0.5) is 0 Å². The zero-order valence-electron chi connectivity index (χ0n) is 13.2. The molecule has 98 valence electrons. The molecule has 0 aromatic rings. The molecule has 0 fully saturated rings. The molecule has 1 atom stereocenters. The summed E-state index contributed by atoms with van der Waals surface area (Å²) in [6.45, 7) is 21.5. The van der Waals surface area contributed by atoms with Crippen LogP contribution in [0.3, 0.4) is 0 Å². The maximum Gasteiger partial charge on any atom is -0.0324 e. The molecule has 0 aliphatic rings. The van der Waals surface area contributed by atoms with Gasteiger partial charge < -0.3 is 0 Å². The van der Waals surface area contributed by atoms with Crippen LogP contribution in [-0.4, -0.2) is 0 Å². The molecule has 0 aliphatic carbocycles. The Kier molecular flexibility index (Phi) is 5.10. The molecule has 0 aliphatic heterocycles. The zero-order chi connectivity index (χ0) is 13.2. The molecule has 0 saturated carbocycles. The van der Waals surface area contributed by atoms with Crippen LogP contribution in [0.15, 0.2) is 0 Å². The summed E-state index contributed by atoms with van der Waals surface area (Å²) in [6, 6.07) is 0. The molecule has 0 nitrogen and oxygen atoms in total. The summed E-state index contributed by atoms with van der Waals surface area (Å²) in [5.74, 6) is 0.812. The van der Waals surface area contributed by atoms with E-state index in [0.717, 1.165) is 5.92 Å². The maximum atomic E-state index is 2.44. The highest BCUT2D eigenvalue weighted by atomic mass is 14.4. The molecular formula is C16H34. The van der Waals surface area contributed by atoms with Gasteiger partial charge in [-0.3, -0.25) is 0 Å². The quantitative estimate of drug-likeness (QED) is 0.546. The van der Waals surface area contributed by atoms with Crippen molar-refractivity contribution < 1.29 is 0 Å². The van der Waals surface area contributed by atoms with Crippen LogP contribution in [-0.2, 0) is 0 Å². The molecule has 0 bridgehead atoms. The molecule has 0 saturated heterocycles. The molecule has 0 amide bonds. The highest BCUT2D eigenvalue weighted by Gasteiger charge is 2.34. The number of rotatable bonds is 5. The predicted octanol–water partition coefficient (Wildman–Crippen LogP) is 5.91. The van der Waals surface area contributed by atoms with Gasteiger partial charge in [0.05, 0.1) is 0 Å². The van der Waals surface area contributed by atoms with Gasteiger partial charge in [-0.1, -0.05) is 68.7 Å². The van der Waals surface area contributed by atoms with Crippen LogP contribution in [0.1, 0.15) is 81.6 Å². The maximum absolute atomic E-state index is 2.44. The third-order valence-corrected chi connectivity index (χ3v) is 3.89. The Morgan fingerprint density at radius 2 is 1.25 bits per heavy atom. The van der Waals surface area contributed by atoms with Gasteiger partial charge in [0, 0.05) is 0 Å². The van der Waals surface area contributed by atoms with Crippen molar-refractivity contribution >= 4 is 0 Å². The minimum absolute atomic E-state index is 0.440. The second-order valence-corrected chi connectivity index (χ2v) is 8.38. The zero-order valence-corrected chi connectivity index (χ0v) is 13.2. The Morgan fingerprint density at radius 1 is 0.812 bits per heavy atom. The smallest absolute Gasteiger partial charge is 0.0324 e. The third kappa shape index (κ3) is 5.92. The van der Waals surface area contributed by atoms with E-state index in [1.807, 2.05) is 0 Å². The van der Waals surface area contributed by atoms with Crippen molar-refractivity contribution in [3.63, 3.8) is 0 Å². The summed E-state index contributed by atoms with van der Waals surface area (Å²) in [6.07, 6.45) is 3.92. The van der Waals surface area contributed by atoms with Gasteiger partial charge in [0.2, 0.25) is 0 Å². The van der Waals surface area contributed by atoms with Crippen LogP contribution in [0.2, 0.25) is 0 Å². The van der Waals surface area contributed by atoms with Crippen LogP contribution >= 0.6 is 0 Å². The highest BCUT2D eigenvalue weighted by Crippen LogP contribution is 2.45. The van der Waals surface area contributed by atoms with Crippen LogP contribution in [0.5, 0.6) is 0 Å². The summed E-state index contributed by atoms with van der Waals surface area (Å²) < 4.78 is 0. The largest absolute Gasteiger partial charge is 0.0651 e. The molecule has 0 aromatic heterocycles. The van der Waals surface area contributed by atoms with Crippen LogP contribution in [0, 0.1) is 22.2 Å². The van der Waals surface area contributed by atoms with E-state index in [9.17, 15) is 0 Å². The van der Waals surface area contributed by atoms with E-state index in [1.165, 1.54) is 19.3 Å². The van der Waals surface area contributed by atoms with E-state index in [1.54, 1.807) is 0 Å². The highest BCUT2D eigenvalue weighted by molar-refractivity contribution is 4.85. The van der Waals surface area contributed by atoms with Crippen molar-refractivity contribution in [1.82, 2.24) is 0 Å². The normalized spacial score (nSPS) is 16.3. The number of hydrogen-bond acceptors (Lipinski definition) is 0. The van der Waals surface area contributed by atoms with E-state index < -0.39 is 0 Å². The van der Waals surface area contributed by atoms with Crippen LogP contribution < -0.4 is 0 Å². The molecule has 0 aromatic carbocycles. The minimum Gasteiger partial charge on any atom is -0.0651 e. The third-order valence-electron chi connectivity index (χ3n) is 3.89. The molecule has 16 heavy (non-hydrogen) atoms. The second kappa shape index (κ2) is 5.10. The van der Waals surface area contributed by atoms with Crippen molar-refractivity contribution in [3.8, 4) is 0 Å². The Labute approximate surface area is 104 Å². The fraction of sp³-hybridized carbons (Fsp3) is 1.00. The average molecular weight is 226 g/mol. The van der Waals surface area contributed by atoms with Crippen molar-refractivity contribution in [2.45, 2.75) is 81.6 Å². The van der Waals surface area contributed by atoms with Crippen molar-refractivity contribution in [3.05, 3.63) is 0 Å². The summed E-state index contributed by atoms with van der Waals surface area (Å²) in [4.78, 5) is 0. The Balaban J connectivity index is 4.57. The summed E-state index contributed by atoms with van der Waals surface area (Å²) in [5, 5.41) is 0. The molecule has 0 heterocycles. The fourth-order valence-electron chi connectivity index (χ4n) is 3.46. The van der Waals surface area contributed by atoms with Gasteiger partial charge in [-0.05, 0) is 35.0 Å². The Hall–Kier alpha value is 0. The van der Waals surface area contributed by atoms with Gasteiger partial charge in [-0.2, -0.15) is 0 Å². The Bertz CT molecular complexity index is 203. The van der Waals surface area contributed by atoms with Gasteiger partial charge in [0.1, 0.15) is 0 Å². The molecule has 1 unspecified atom stereocenters. The second-order valence-electron chi connectivity index (χ2n) is 8.38. The molecule has 0 spiro atoms. The lowest BCUT2D eigenvalue weighted by Gasteiger charge is -2.41. The van der Waals surface area contributed by atoms with E-state index in [4.69, 9.17) is 0 Å². The molecule has 0 radical (unpaired) electrons.